The number of ether oxygens (including phenoxy) is 1. The van der Waals surface area contributed by atoms with Crippen molar-refractivity contribution in [3.05, 3.63) is 39.8 Å². The van der Waals surface area contributed by atoms with Crippen molar-refractivity contribution in [1.29, 1.82) is 0 Å². The maximum atomic E-state index is 12.3. The Morgan fingerprint density at radius 3 is 2.76 bits per heavy atom. The number of hydrogen-bond acceptors (Lipinski definition) is 6. The second-order valence-corrected chi connectivity index (χ2v) is 7.17. The molecule has 0 bridgehead atoms. The molecule has 8 heteroatoms. The van der Waals surface area contributed by atoms with Gasteiger partial charge in [0.1, 0.15) is 10.6 Å². The second-order valence-electron chi connectivity index (χ2n) is 4.37. The van der Waals surface area contributed by atoms with E-state index in [1.165, 1.54) is 24.5 Å². The molecule has 114 valence electrons. The highest BCUT2D eigenvalue weighted by molar-refractivity contribution is 7.89. The van der Waals surface area contributed by atoms with Crippen LogP contribution in [0.3, 0.4) is 0 Å². The Bertz CT molecular complexity index is 726. The van der Waals surface area contributed by atoms with Gasteiger partial charge in [-0.15, -0.1) is 11.3 Å². The first-order valence-corrected chi connectivity index (χ1v) is 8.60. The van der Waals surface area contributed by atoms with E-state index in [-0.39, 0.29) is 17.2 Å². The maximum Gasteiger partial charge on any atom is 0.244 e. The zero-order chi connectivity index (χ0) is 15.5. The molecular weight excluding hydrogens is 310 g/mol. The molecule has 0 spiro atoms. The molecule has 3 N–H and O–H groups in total. The first-order valence-electron chi connectivity index (χ1n) is 6.24. The van der Waals surface area contributed by atoms with E-state index in [9.17, 15) is 8.42 Å². The zero-order valence-electron chi connectivity index (χ0n) is 11.8. The number of benzene rings is 1. The maximum absolute atomic E-state index is 12.3. The Morgan fingerprint density at radius 1 is 1.43 bits per heavy atom. The van der Waals surface area contributed by atoms with E-state index >= 15 is 0 Å². The molecule has 0 unspecified atom stereocenters. The van der Waals surface area contributed by atoms with Crippen molar-refractivity contribution in [3.8, 4) is 5.75 Å². The summed E-state index contributed by atoms with van der Waals surface area (Å²) in [7, 11) is -2.24. The van der Waals surface area contributed by atoms with Crippen molar-refractivity contribution in [2.45, 2.75) is 24.9 Å². The monoisotopic (exact) mass is 327 g/mol. The molecular formula is C13H17N3O3S2. The van der Waals surface area contributed by atoms with Crippen molar-refractivity contribution >= 4 is 21.4 Å². The normalized spacial score (nSPS) is 11.6. The van der Waals surface area contributed by atoms with Crippen molar-refractivity contribution < 1.29 is 13.2 Å². The van der Waals surface area contributed by atoms with E-state index in [0.29, 0.717) is 12.2 Å². The summed E-state index contributed by atoms with van der Waals surface area (Å²) in [5, 5.41) is 2.72. The molecule has 21 heavy (non-hydrogen) atoms. The van der Waals surface area contributed by atoms with Crippen LogP contribution in [-0.2, 0) is 23.1 Å². The van der Waals surface area contributed by atoms with Gasteiger partial charge in [0, 0.05) is 11.9 Å². The van der Waals surface area contributed by atoms with Gasteiger partial charge in [0.15, 0.2) is 0 Å². The molecule has 0 atom stereocenters. The Morgan fingerprint density at radius 2 is 2.19 bits per heavy atom. The Labute approximate surface area is 128 Å². The van der Waals surface area contributed by atoms with E-state index in [4.69, 9.17) is 10.5 Å². The lowest BCUT2D eigenvalue weighted by Gasteiger charge is -2.11. The molecule has 0 aliphatic heterocycles. The van der Waals surface area contributed by atoms with Gasteiger partial charge in [0.2, 0.25) is 10.0 Å². The largest absolute Gasteiger partial charge is 0.495 e. The summed E-state index contributed by atoms with van der Waals surface area (Å²) in [5.41, 5.74) is 7.04. The predicted octanol–water partition coefficient (Wildman–Crippen LogP) is 1.40. The van der Waals surface area contributed by atoms with Crippen LogP contribution in [0.1, 0.15) is 16.3 Å². The quantitative estimate of drug-likeness (QED) is 0.836. The third kappa shape index (κ3) is 3.79. The van der Waals surface area contributed by atoms with Gasteiger partial charge >= 0.3 is 0 Å². The molecule has 0 aliphatic carbocycles. The number of aromatic nitrogens is 1. The molecule has 0 radical (unpaired) electrons. The fourth-order valence-electron chi connectivity index (χ4n) is 1.80. The van der Waals surface area contributed by atoms with Crippen molar-refractivity contribution in [3.63, 3.8) is 0 Å². The summed E-state index contributed by atoms with van der Waals surface area (Å²) >= 11 is 1.48. The highest BCUT2D eigenvalue weighted by Gasteiger charge is 2.19. The minimum absolute atomic E-state index is 0.0918. The molecule has 1 aromatic carbocycles. The molecule has 1 heterocycles. The number of aryl methyl sites for hydroxylation is 1. The number of nitrogens with two attached hydrogens (primary N) is 1. The summed E-state index contributed by atoms with van der Waals surface area (Å²) in [6.07, 6.45) is 0. The topological polar surface area (TPSA) is 94.3 Å². The molecule has 1 aromatic heterocycles. The van der Waals surface area contributed by atoms with Gasteiger partial charge in [-0.2, -0.15) is 0 Å². The van der Waals surface area contributed by atoms with Crippen molar-refractivity contribution in [2.75, 3.05) is 7.11 Å². The van der Waals surface area contributed by atoms with Crippen LogP contribution in [0.25, 0.3) is 0 Å². The summed E-state index contributed by atoms with van der Waals surface area (Å²) in [6.45, 7) is 2.34. The van der Waals surface area contributed by atoms with Gasteiger partial charge in [-0.25, -0.2) is 18.1 Å². The van der Waals surface area contributed by atoms with Gasteiger partial charge in [-0.1, -0.05) is 6.07 Å². The average molecular weight is 327 g/mol. The lowest BCUT2D eigenvalue weighted by atomic mass is 10.2. The van der Waals surface area contributed by atoms with Gasteiger partial charge in [-0.05, 0) is 24.6 Å². The SMILES string of the molecule is COc1cc(CN)ccc1S(=O)(=O)NCc1csc(C)n1. The zero-order valence-corrected chi connectivity index (χ0v) is 13.4. The third-order valence-electron chi connectivity index (χ3n) is 2.86. The summed E-state index contributed by atoms with van der Waals surface area (Å²) < 4.78 is 32.4. The lowest BCUT2D eigenvalue weighted by Crippen LogP contribution is -2.24. The minimum atomic E-state index is -3.67. The van der Waals surface area contributed by atoms with Crippen LogP contribution < -0.4 is 15.2 Å². The summed E-state index contributed by atoms with van der Waals surface area (Å²) in [4.78, 5) is 4.31. The first kappa shape index (κ1) is 15.9. The van der Waals surface area contributed by atoms with E-state index < -0.39 is 10.0 Å². The number of nitrogens with zero attached hydrogens (tertiary/aromatic N) is 1. The number of rotatable bonds is 6. The summed E-state index contributed by atoms with van der Waals surface area (Å²) in [5.74, 6) is 0.278. The van der Waals surface area contributed by atoms with Crippen LogP contribution in [0, 0.1) is 6.92 Å². The number of hydrogen-bond donors (Lipinski definition) is 2. The van der Waals surface area contributed by atoms with E-state index in [0.717, 1.165) is 10.6 Å². The molecule has 6 nitrogen and oxygen atoms in total. The van der Waals surface area contributed by atoms with Gasteiger partial charge in [-0.3, -0.25) is 0 Å². The average Bonchev–Trinajstić information content (AvgIpc) is 2.90. The van der Waals surface area contributed by atoms with Crippen LogP contribution in [0.15, 0.2) is 28.5 Å². The van der Waals surface area contributed by atoms with Crippen LogP contribution in [0.2, 0.25) is 0 Å². The molecule has 2 rings (SSSR count). The second kappa shape index (κ2) is 6.52. The van der Waals surface area contributed by atoms with Gasteiger partial charge in [0.25, 0.3) is 0 Å². The minimum Gasteiger partial charge on any atom is -0.495 e. The highest BCUT2D eigenvalue weighted by atomic mass is 32.2. The highest BCUT2D eigenvalue weighted by Crippen LogP contribution is 2.25. The molecule has 2 aromatic rings. The Kier molecular flexibility index (Phi) is 4.94. The fourth-order valence-corrected chi connectivity index (χ4v) is 3.56. The Hall–Kier alpha value is -1.48. The van der Waals surface area contributed by atoms with E-state index in [1.54, 1.807) is 12.1 Å². The van der Waals surface area contributed by atoms with Crippen LogP contribution >= 0.6 is 11.3 Å². The van der Waals surface area contributed by atoms with E-state index in [2.05, 4.69) is 9.71 Å². The smallest absolute Gasteiger partial charge is 0.244 e. The molecule has 0 fully saturated rings. The number of sulfonamides is 1. The molecule has 0 amide bonds. The molecule has 0 saturated carbocycles. The van der Waals surface area contributed by atoms with Crippen LogP contribution in [-0.4, -0.2) is 20.5 Å². The number of methoxy groups -OCH3 is 1. The van der Waals surface area contributed by atoms with Gasteiger partial charge in [0.05, 0.1) is 24.4 Å². The van der Waals surface area contributed by atoms with Crippen molar-refractivity contribution in [1.82, 2.24) is 9.71 Å². The number of thiazole rings is 1. The predicted molar refractivity (Wildman–Crippen MR) is 81.8 cm³/mol. The molecule has 0 saturated heterocycles. The first-order chi connectivity index (χ1) is 9.96. The van der Waals surface area contributed by atoms with Crippen molar-refractivity contribution in [2.24, 2.45) is 5.73 Å². The van der Waals surface area contributed by atoms with E-state index in [1.807, 2.05) is 12.3 Å². The van der Waals surface area contributed by atoms with Crippen LogP contribution in [0.4, 0.5) is 0 Å². The standard InChI is InChI=1S/C13H17N3O3S2/c1-9-16-11(8-20-9)7-15-21(17,18)13-4-3-10(6-14)5-12(13)19-2/h3-5,8,15H,6-7,14H2,1-2H3. The fraction of sp³-hybridized carbons (Fsp3) is 0.308. The molecule has 0 aliphatic rings. The Balaban J connectivity index is 2.22. The van der Waals surface area contributed by atoms with Gasteiger partial charge < -0.3 is 10.5 Å². The third-order valence-corrected chi connectivity index (χ3v) is 5.13. The summed E-state index contributed by atoms with van der Waals surface area (Å²) in [6, 6.07) is 4.79. The number of nitrogens with one attached hydrogen (secondary N) is 1. The lowest BCUT2D eigenvalue weighted by molar-refractivity contribution is 0.401. The van der Waals surface area contributed by atoms with Crippen LogP contribution in [0.5, 0.6) is 5.75 Å².